The maximum atomic E-state index is 14.0. The number of aromatic nitrogens is 4. The van der Waals surface area contributed by atoms with Crippen molar-refractivity contribution in [2.45, 2.75) is 62.8 Å². The zero-order valence-electron chi connectivity index (χ0n) is 18.0. The van der Waals surface area contributed by atoms with Gasteiger partial charge >= 0.3 is 6.09 Å². The maximum Gasteiger partial charge on any atom is 0.408 e. The third kappa shape index (κ3) is 5.87. The highest BCUT2D eigenvalue weighted by molar-refractivity contribution is 8.00. The molecule has 0 aliphatic heterocycles. The van der Waals surface area contributed by atoms with Crippen LogP contribution in [0.25, 0.3) is 4.96 Å². The summed E-state index contributed by atoms with van der Waals surface area (Å²) in [5.41, 5.74) is -0.174. The first kappa shape index (κ1) is 23.7. The molecule has 11 heteroatoms. The van der Waals surface area contributed by atoms with Crippen LogP contribution in [0.4, 0.5) is 9.18 Å². The largest absolute Gasteiger partial charge is 0.444 e. The fraction of sp³-hybridized carbons (Fsp3) is 0.500. The summed E-state index contributed by atoms with van der Waals surface area (Å²) in [5.74, 6) is 0.606. The maximum absolute atomic E-state index is 14.0. The van der Waals surface area contributed by atoms with Crippen LogP contribution < -0.4 is 5.32 Å². The number of alkyl carbamates (subject to hydrolysis) is 1. The highest BCUT2D eigenvalue weighted by atomic mass is 35.5. The molecule has 7 nitrogen and oxygen atoms in total. The second-order valence-electron chi connectivity index (χ2n) is 8.12. The molecule has 2 aromatic heterocycles. The summed E-state index contributed by atoms with van der Waals surface area (Å²) in [6, 6.07) is 4.21. The number of nitrogens with one attached hydrogen (secondary N) is 1. The number of amides is 1. The summed E-state index contributed by atoms with van der Waals surface area (Å²) >= 11 is 8.83. The number of thioether (sulfide) groups is 1. The molecule has 0 aliphatic rings. The standard InChI is InChI=1S/C20H25ClFN5O2S2/c1-6-11(2)15(23-18(28)29-20(3,4)5)16-24-25-17-27(16)26-19(31-17)30-10-12-13(21)8-7-9-14(12)22/h7-9,11,15H,6,10H2,1-5H3,(H,23,28). The van der Waals surface area contributed by atoms with Gasteiger partial charge in [-0.1, -0.05) is 61.0 Å². The summed E-state index contributed by atoms with van der Waals surface area (Å²) in [6.07, 6.45) is 0.293. The van der Waals surface area contributed by atoms with E-state index in [1.165, 1.54) is 29.2 Å². The number of carbonyl (C=O) groups is 1. The van der Waals surface area contributed by atoms with Gasteiger partial charge in [-0.05, 0) is 38.8 Å². The second-order valence-corrected chi connectivity index (χ2v) is 10.7. The van der Waals surface area contributed by atoms with E-state index >= 15 is 0 Å². The summed E-state index contributed by atoms with van der Waals surface area (Å²) < 4.78 is 21.8. The number of carbonyl (C=O) groups excluding carboxylic acids is 1. The van der Waals surface area contributed by atoms with Gasteiger partial charge in [-0.3, -0.25) is 0 Å². The quantitative estimate of drug-likeness (QED) is 0.420. The number of nitrogens with zero attached hydrogens (tertiary/aromatic N) is 4. The Labute approximate surface area is 193 Å². The minimum atomic E-state index is -0.608. The number of hydrogen-bond donors (Lipinski definition) is 1. The van der Waals surface area contributed by atoms with Gasteiger partial charge in [0.25, 0.3) is 0 Å². The first-order chi connectivity index (χ1) is 14.6. The number of fused-ring (bicyclic) bond motifs is 1. The monoisotopic (exact) mass is 485 g/mol. The van der Waals surface area contributed by atoms with Crippen LogP contribution in [0.15, 0.2) is 22.5 Å². The molecule has 3 aromatic rings. The molecule has 0 bridgehead atoms. The molecule has 1 N–H and O–H groups in total. The van der Waals surface area contributed by atoms with E-state index < -0.39 is 17.7 Å². The Morgan fingerprint density at radius 1 is 1.39 bits per heavy atom. The van der Waals surface area contributed by atoms with Gasteiger partial charge in [-0.2, -0.15) is 4.52 Å². The normalized spacial score (nSPS) is 13.9. The summed E-state index contributed by atoms with van der Waals surface area (Å²) in [4.78, 5) is 13.0. The van der Waals surface area contributed by atoms with E-state index in [0.717, 1.165) is 6.42 Å². The topological polar surface area (TPSA) is 81.4 Å². The average molecular weight is 486 g/mol. The molecule has 168 valence electrons. The van der Waals surface area contributed by atoms with Crippen molar-refractivity contribution in [2.75, 3.05) is 0 Å². The number of hydrogen-bond acceptors (Lipinski definition) is 7. The van der Waals surface area contributed by atoms with E-state index in [4.69, 9.17) is 16.3 Å². The van der Waals surface area contributed by atoms with Gasteiger partial charge in [-0.25, -0.2) is 9.18 Å². The first-order valence-corrected chi connectivity index (χ1v) is 12.0. The zero-order valence-corrected chi connectivity index (χ0v) is 20.4. The summed E-state index contributed by atoms with van der Waals surface area (Å²) in [6.45, 7) is 9.49. The Bertz CT molecular complexity index is 1050. The predicted molar refractivity (Wildman–Crippen MR) is 121 cm³/mol. The SMILES string of the molecule is CCC(C)C(NC(=O)OC(C)(C)C)c1nnc2sc(SCc3c(F)cccc3Cl)nn12. The average Bonchev–Trinajstić information content (AvgIpc) is 3.24. The Morgan fingerprint density at radius 3 is 2.77 bits per heavy atom. The Hall–Kier alpha value is -1.91. The van der Waals surface area contributed by atoms with Crippen LogP contribution in [-0.4, -0.2) is 31.5 Å². The molecule has 2 atom stereocenters. The Balaban J connectivity index is 1.82. The molecule has 0 radical (unpaired) electrons. The van der Waals surface area contributed by atoms with Crippen molar-refractivity contribution in [2.24, 2.45) is 5.92 Å². The van der Waals surface area contributed by atoms with E-state index in [1.54, 1.807) is 16.6 Å². The lowest BCUT2D eigenvalue weighted by Gasteiger charge is -2.25. The molecule has 0 spiro atoms. The van der Waals surface area contributed by atoms with Gasteiger partial charge in [0.05, 0.1) is 6.04 Å². The van der Waals surface area contributed by atoms with E-state index in [-0.39, 0.29) is 11.7 Å². The molecular weight excluding hydrogens is 461 g/mol. The van der Waals surface area contributed by atoms with E-state index in [0.29, 0.717) is 31.5 Å². The van der Waals surface area contributed by atoms with E-state index in [1.807, 2.05) is 34.6 Å². The van der Waals surface area contributed by atoms with Gasteiger partial charge in [0.15, 0.2) is 10.2 Å². The number of ether oxygens (including phenoxy) is 1. The molecular formula is C20H25ClFN5O2S2. The smallest absolute Gasteiger partial charge is 0.408 e. The van der Waals surface area contributed by atoms with Crippen molar-refractivity contribution in [1.82, 2.24) is 25.1 Å². The van der Waals surface area contributed by atoms with Crippen LogP contribution in [0.2, 0.25) is 5.02 Å². The van der Waals surface area contributed by atoms with Gasteiger partial charge in [0.2, 0.25) is 4.96 Å². The minimum absolute atomic E-state index is 0.0787. The Kier molecular flexibility index (Phi) is 7.43. The molecule has 0 saturated carbocycles. The third-order valence-corrected chi connectivity index (χ3v) is 6.97. The molecule has 31 heavy (non-hydrogen) atoms. The lowest BCUT2D eigenvalue weighted by Crippen LogP contribution is -2.38. The number of benzene rings is 1. The molecule has 3 rings (SSSR count). The molecule has 1 aromatic carbocycles. The van der Waals surface area contributed by atoms with Crippen molar-refractivity contribution in [1.29, 1.82) is 0 Å². The fourth-order valence-corrected chi connectivity index (χ4v) is 5.03. The first-order valence-electron chi connectivity index (χ1n) is 9.86. The molecule has 2 heterocycles. The van der Waals surface area contributed by atoms with Crippen molar-refractivity contribution in [3.8, 4) is 0 Å². The van der Waals surface area contributed by atoms with Gasteiger partial charge in [-0.15, -0.1) is 15.3 Å². The van der Waals surface area contributed by atoms with Crippen LogP contribution in [0.3, 0.4) is 0 Å². The molecule has 2 unspecified atom stereocenters. The lowest BCUT2D eigenvalue weighted by molar-refractivity contribution is 0.0482. The van der Waals surface area contributed by atoms with Crippen LogP contribution in [-0.2, 0) is 10.5 Å². The zero-order chi connectivity index (χ0) is 22.8. The molecule has 0 fully saturated rings. The summed E-state index contributed by atoms with van der Waals surface area (Å²) in [7, 11) is 0. The van der Waals surface area contributed by atoms with Crippen LogP contribution in [0.1, 0.15) is 58.5 Å². The lowest BCUT2D eigenvalue weighted by atomic mass is 9.99. The highest BCUT2D eigenvalue weighted by Crippen LogP contribution is 2.32. The van der Waals surface area contributed by atoms with Crippen molar-refractivity contribution in [3.63, 3.8) is 0 Å². The third-order valence-electron chi connectivity index (χ3n) is 4.56. The van der Waals surface area contributed by atoms with Crippen molar-refractivity contribution >= 4 is 45.8 Å². The van der Waals surface area contributed by atoms with E-state index in [9.17, 15) is 9.18 Å². The highest BCUT2D eigenvalue weighted by Gasteiger charge is 2.29. The van der Waals surface area contributed by atoms with Gasteiger partial charge in [0, 0.05) is 16.3 Å². The summed E-state index contributed by atoms with van der Waals surface area (Å²) in [5, 5.41) is 16.3. The molecule has 1 amide bonds. The van der Waals surface area contributed by atoms with Crippen LogP contribution in [0, 0.1) is 11.7 Å². The van der Waals surface area contributed by atoms with Crippen molar-refractivity contribution in [3.05, 3.63) is 40.4 Å². The van der Waals surface area contributed by atoms with E-state index in [2.05, 4.69) is 20.6 Å². The van der Waals surface area contributed by atoms with Crippen LogP contribution >= 0.6 is 34.7 Å². The Morgan fingerprint density at radius 2 is 2.13 bits per heavy atom. The van der Waals surface area contributed by atoms with Crippen LogP contribution in [0.5, 0.6) is 0 Å². The number of rotatable bonds is 7. The van der Waals surface area contributed by atoms with Gasteiger partial charge in [0.1, 0.15) is 11.4 Å². The number of halogens is 2. The molecule has 0 saturated heterocycles. The second kappa shape index (κ2) is 9.70. The minimum Gasteiger partial charge on any atom is -0.444 e. The molecule has 0 aliphatic carbocycles. The predicted octanol–water partition coefficient (Wildman–Crippen LogP) is 5.88. The van der Waals surface area contributed by atoms with Gasteiger partial charge < -0.3 is 10.1 Å². The fourth-order valence-electron chi connectivity index (χ4n) is 2.80. The van der Waals surface area contributed by atoms with Crippen molar-refractivity contribution < 1.29 is 13.9 Å².